The van der Waals surface area contributed by atoms with Crippen molar-refractivity contribution in [2.45, 2.75) is 39.3 Å². The number of H-pyrrole nitrogens is 1. The molecule has 0 amide bonds. The van der Waals surface area contributed by atoms with Crippen molar-refractivity contribution in [1.29, 1.82) is 0 Å². The monoisotopic (exact) mass is 279 g/mol. The molecule has 1 atom stereocenters. The van der Waals surface area contributed by atoms with E-state index in [0.717, 1.165) is 28.2 Å². The number of likely N-dealkylation sites (tertiary alicyclic amines) is 1. The van der Waals surface area contributed by atoms with E-state index in [4.69, 9.17) is 12.2 Å². The molecule has 1 aliphatic heterocycles. The lowest BCUT2D eigenvalue weighted by atomic mass is 10.3. The van der Waals surface area contributed by atoms with Crippen LogP contribution in [0.15, 0.2) is 0 Å². The highest BCUT2D eigenvalue weighted by Crippen LogP contribution is 2.19. The van der Waals surface area contributed by atoms with E-state index in [-0.39, 0.29) is 0 Å². The van der Waals surface area contributed by atoms with Crippen molar-refractivity contribution in [3.63, 3.8) is 0 Å². The standard InChI is InChI=1S/C13H21N5S/c1-9(17-6-4-5-7-17)8-18-12-11(14-13(18)19)10(2)15-16(12)3/h9H,4-8H2,1-3H3,(H,14,19). The lowest BCUT2D eigenvalue weighted by Crippen LogP contribution is -2.33. The van der Waals surface area contributed by atoms with Gasteiger partial charge in [0.05, 0.1) is 5.69 Å². The van der Waals surface area contributed by atoms with Crippen LogP contribution >= 0.6 is 12.2 Å². The molecule has 0 aliphatic carbocycles. The number of hydrogen-bond acceptors (Lipinski definition) is 3. The SMILES string of the molecule is Cc1nn(C)c2c1[nH]c(=S)n2CC(C)N1CCCC1. The molecule has 0 aromatic carbocycles. The fourth-order valence-electron chi connectivity index (χ4n) is 3.10. The number of imidazole rings is 1. The number of aromatic amines is 1. The Balaban J connectivity index is 1.95. The molecule has 3 rings (SSSR count). The van der Waals surface area contributed by atoms with Crippen LogP contribution in [-0.4, -0.2) is 43.4 Å². The predicted octanol–water partition coefficient (Wildman–Crippen LogP) is 2.23. The number of aryl methyl sites for hydroxylation is 2. The Bertz CT molecular complexity index is 644. The van der Waals surface area contributed by atoms with E-state index in [1.54, 1.807) is 0 Å². The molecule has 2 aromatic rings. The van der Waals surface area contributed by atoms with Gasteiger partial charge in [-0.15, -0.1) is 0 Å². The summed E-state index contributed by atoms with van der Waals surface area (Å²) in [6.07, 6.45) is 2.65. The van der Waals surface area contributed by atoms with E-state index in [2.05, 4.69) is 26.5 Å². The first-order valence-electron chi connectivity index (χ1n) is 6.94. The normalized spacial score (nSPS) is 18.5. The maximum atomic E-state index is 5.47. The van der Waals surface area contributed by atoms with Gasteiger partial charge >= 0.3 is 0 Å². The molecule has 0 radical (unpaired) electrons. The van der Waals surface area contributed by atoms with Gasteiger partial charge in [0.2, 0.25) is 0 Å². The summed E-state index contributed by atoms with van der Waals surface area (Å²) < 4.78 is 4.92. The first-order valence-corrected chi connectivity index (χ1v) is 7.35. The Morgan fingerprint density at radius 2 is 2.05 bits per heavy atom. The molecule has 1 unspecified atom stereocenters. The van der Waals surface area contributed by atoms with Crippen LogP contribution in [-0.2, 0) is 13.6 Å². The first-order chi connectivity index (χ1) is 9.08. The van der Waals surface area contributed by atoms with Crippen LogP contribution in [0.4, 0.5) is 0 Å². The minimum atomic E-state index is 0.517. The highest BCUT2D eigenvalue weighted by atomic mass is 32.1. The molecular weight excluding hydrogens is 258 g/mol. The van der Waals surface area contributed by atoms with Gasteiger partial charge in [0.15, 0.2) is 10.4 Å². The summed E-state index contributed by atoms with van der Waals surface area (Å²) in [5.74, 6) is 0. The van der Waals surface area contributed by atoms with E-state index in [0.29, 0.717) is 6.04 Å². The molecule has 0 saturated carbocycles. The van der Waals surface area contributed by atoms with Gasteiger partial charge in [0.25, 0.3) is 0 Å². The molecule has 1 aliphatic rings. The zero-order valence-electron chi connectivity index (χ0n) is 11.8. The number of fused-ring (bicyclic) bond motifs is 1. The molecule has 0 spiro atoms. The van der Waals surface area contributed by atoms with Crippen LogP contribution in [0.2, 0.25) is 0 Å². The topological polar surface area (TPSA) is 41.8 Å². The third-order valence-corrected chi connectivity index (χ3v) is 4.46. The Kier molecular flexibility index (Phi) is 3.22. The van der Waals surface area contributed by atoms with Crippen LogP contribution in [0, 0.1) is 11.7 Å². The van der Waals surface area contributed by atoms with Gasteiger partial charge in [0, 0.05) is 19.6 Å². The maximum absolute atomic E-state index is 5.47. The Hall–Kier alpha value is -1.14. The minimum Gasteiger partial charge on any atom is -0.328 e. The summed E-state index contributed by atoms with van der Waals surface area (Å²) in [6.45, 7) is 7.66. The predicted molar refractivity (Wildman–Crippen MR) is 78.9 cm³/mol. The molecule has 2 aromatic heterocycles. The van der Waals surface area contributed by atoms with Crippen LogP contribution < -0.4 is 0 Å². The van der Waals surface area contributed by atoms with Crippen molar-refractivity contribution in [1.82, 2.24) is 24.2 Å². The lowest BCUT2D eigenvalue weighted by Gasteiger charge is -2.24. The summed E-state index contributed by atoms with van der Waals surface area (Å²) in [7, 11) is 1.98. The van der Waals surface area contributed by atoms with Crippen LogP contribution in [0.5, 0.6) is 0 Å². The van der Waals surface area contributed by atoms with E-state index in [1.807, 2.05) is 18.7 Å². The molecule has 19 heavy (non-hydrogen) atoms. The van der Waals surface area contributed by atoms with Gasteiger partial charge in [-0.2, -0.15) is 5.10 Å². The fraction of sp³-hybridized carbons (Fsp3) is 0.692. The van der Waals surface area contributed by atoms with Gasteiger partial charge in [-0.25, -0.2) is 0 Å². The van der Waals surface area contributed by atoms with Gasteiger partial charge in [-0.1, -0.05) is 0 Å². The molecule has 1 saturated heterocycles. The number of nitrogens with zero attached hydrogens (tertiary/aromatic N) is 4. The van der Waals surface area contributed by atoms with E-state index >= 15 is 0 Å². The average Bonchev–Trinajstić information content (AvgIpc) is 3.02. The van der Waals surface area contributed by atoms with E-state index in [9.17, 15) is 0 Å². The van der Waals surface area contributed by atoms with Crippen molar-refractivity contribution in [3.05, 3.63) is 10.5 Å². The molecule has 1 fully saturated rings. The van der Waals surface area contributed by atoms with Crippen molar-refractivity contribution < 1.29 is 0 Å². The number of rotatable bonds is 3. The third-order valence-electron chi connectivity index (χ3n) is 4.14. The highest BCUT2D eigenvalue weighted by Gasteiger charge is 2.20. The number of aromatic nitrogens is 4. The summed E-state index contributed by atoms with van der Waals surface area (Å²) in [6, 6.07) is 0.517. The van der Waals surface area contributed by atoms with Gasteiger partial charge in [-0.3, -0.25) is 9.58 Å². The van der Waals surface area contributed by atoms with Crippen molar-refractivity contribution in [2.24, 2.45) is 7.05 Å². The smallest absolute Gasteiger partial charge is 0.179 e. The second kappa shape index (κ2) is 4.76. The van der Waals surface area contributed by atoms with Crippen LogP contribution in [0.25, 0.3) is 11.2 Å². The fourth-order valence-corrected chi connectivity index (χ4v) is 3.37. The quantitative estimate of drug-likeness (QED) is 0.876. The largest absolute Gasteiger partial charge is 0.328 e. The van der Waals surface area contributed by atoms with Crippen LogP contribution in [0.1, 0.15) is 25.5 Å². The minimum absolute atomic E-state index is 0.517. The van der Waals surface area contributed by atoms with E-state index in [1.165, 1.54) is 25.9 Å². The molecule has 0 bridgehead atoms. The van der Waals surface area contributed by atoms with Gasteiger partial charge in [-0.05, 0) is 52.0 Å². The summed E-state index contributed by atoms with van der Waals surface area (Å²) >= 11 is 5.47. The third kappa shape index (κ3) is 2.12. The Labute approximate surface area is 118 Å². The second-order valence-electron chi connectivity index (χ2n) is 5.54. The van der Waals surface area contributed by atoms with Crippen molar-refractivity contribution >= 4 is 23.4 Å². The summed E-state index contributed by atoms with van der Waals surface area (Å²) in [5.41, 5.74) is 3.19. The molecule has 104 valence electrons. The Morgan fingerprint density at radius 3 is 2.74 bits per heavy atom. The molecular formula is C13H21N5S. The molecule has 3 heterocycles. The van der Waals surface area contributed by atoms with Crippen molar-refractivity contribution in [2.75, 3.05) is 13.1 Å². The van der Waals surface area contributed by atoms with Gasteiger partial charge in [0.1, 0.15) is 5.52 Å². The maximum Gasteiger partial charge on any atom is 0.179 e. The number of hydrogen-bond donors (Lipinski definition) is 1. The molecule has 1 N–H and O–H groups in total. The van der Waals surface area contributed by atoms with E-state index < -0.39 is 0 Å². The zero-order valence-corrected chi connectivity index (χ0v) is 12.6. The Morgan fingerprint density at radius 1 is 1.37 bits per heavy atom. The molecule has 5 nitrogen and oxygen atoms in total. The number of nitrogens with one attached hydrogen (secondary N) is 1. The van der Waals surface area contributed by atoms with Gasteiger partial charge < -0.3 is 9.55 Å². The van der Waals surface area contributed by atoms with Crippen molar-refractivity contribution in [3.8, 4) is 0 Å². The molecule has 6 heteroatoms. The highest BCUT2D eigenvalue weighted by molar-refractivity contribution is 7.71. The lowest BCUT2D eigenvalue weighted by molar-refractivity contribution is 0.236. The summed E-state index contributed by atoms with van der Waals surface area (Å²) in [4.78, 5) is 5.83. The summed E-state index contributed by atoms with van der Waals surface area (Å²) in [5, 5.41) is 4.46. The second-order valence-corrected chi connectivity index (χ2v) is 5.93. The first kappa shape index (κ1) is 12.9. The zero-order chi connectivity index (χ0) is 13.6. The van der Waals surface area contributed by atoms with Crippen LogP contribution in [0.3, 0.4) is 0 Å². The average molecular weight is 279 g/mol.